The minimum Gasteiger partial charge on any atom is -0.381 e. The average Bonchev–Trinajstić information content (AvgIpc) is 2.61. The van der Waals surface area contributed by atoms with E-state index in [1.54, 1.807) is 12.1 Å². The summed E-state index contributed by atoms with van der Waals surface area (Å²) < 4.78 is 22.3. The third kappa shape index (κ3) is 6.10. The number of hydrogen-bond acceptors (Lipinski definition) is 6. The molecule has 0 spiro atoms. The molecule has 0 bridgehead atoms. The summed E-state index contributed by atoms with van der Waals surface area (Å²) in [4.78, 5) is 24.4. The fourth-order valence-corrected chi connectivity index (χ4v) is 2.59. The number of benzene rings is 1. The number of hydroxylamine groups is 1. The Hall–Kier alpha value is -2.85. The molecule has 150 valence electrons. The first-order valence-electron chi connectivity index (χ1n) is 8.14. The van der Waals surface area contributed by atoms with E-state index in [0.717, 1.165) is 6.26 Å². The van der Waals surface area contributed by atoms with Gasteiger partial charge in [0.25, 0.3) is 11.8 Å². The second-order valence-electron chi connectivity index (χ2n) is 6.53. The van der Waals surface area contributed by atoms with E-state index in [-0.39, 0.29) is 5.56 Å². The third-order valence-corrected chi connectivity index (χ3v) is 6.14. The van der Waals surface area contributed by atoms with Gasteiger partial charge in [-0.05, 0) is 56.9 Å². The number of rotatable bonds is 5. The van der Waals surface area contributed by atoms with Crippen molar-refractivity contribution in [3.63, 3.8) is 0 Å². The van der Waals surface area contributed by atoms with Gasteiger partial charge < -0.3 is 10.4 Å². The van der Waals surface area contributed by atoms with Crippen LogP contribution in [0.2, 0.25) is 0 Å². The number of aliphatic hydroxyl groups is 1. The molecule has 0 fully saturated rings. The first kappa shape index (κ1) is 23.2. The first-order valence-corrected chi connectivity index (χ1v) is 10.0. The highest BCUT2D eigenvalue weighted by Gasteiger charge is 2.44. The lowest BCUT2D eigenvalue weighted by molar-refractivity contribution is -0.131. The van der Waals surface area contributed by atoms with Gasteiger partial charge in [0, 0.05) is 17.4 Å². The predicted octanol–water partition coefficient (Wildman–Crippen LogP) is -0.151. The smallest absolute Gasteiger partial charge is 0.267 e. The molecule has 0 saturated heterocycles. The van der Waals surface area contributed by atoms with Crippen LogP contribution in [0.1, 0.15) is 36.7 Å². The highest BCUT2D eigenvalue weighted by Crippen LogP contribution is 2.21. The zero-order valence-electron chi connectivity index (χ0n) is 15.9. The molecule has 0 radical (unpaired) electrons. The lowest BCUT2D eigenvalue weighted by Gasteiger charge is -2.31. The zero-order chi connectivity index (χ0) is 21.5. The van der Waals surface area contributed by atoms with Crippen molar-refractivity contribution in [3.05, 3.63) is 35.4 Å². The number of carbonyl (C=O) groups is 2. The quantitative estimate of drug-likeness (QED) is 0.305. The molecule has 0 saturated carbocycles. The second-order valence-corrected chi connectivity index (χ2v) is 9.13. The van der Waals surface area contributed by atoms with Crippen LogP contribution in [-0.4, -0.2) is 53.7 Å². The van der Waals surface area contributed by atoms with Crippen LogP contribution in [0, 0.1) is 23.7 Å². The molecule has 0 aliphatic carbocycles. The Bertz CT molecular complexity index is 958. The van der Waals surface area contributed by atoms with Gasteiger partial charge in [0.1, 0.15) is 12.1 Å². The van der Waals surface area contributed by atoms with Gasteiger partial charge in [-0.2, -0.15) is 0 Å². The highest BCUT2D eigenvalue weighted by molar-refractivity contribution is 7.92. The Morgan fingerprint density at radius 1 is 1.14 bits per heavy atom. The summed E-state index contributed by atoms with van der Waals surface area (Å²) in [6.07, 6.45) is 0.158. The number of amides is 2. The van der Waals surface area contributed by atoms with E-state index in [4.69, 9.17) is 10.3 Å². The monoisotopic (exact) mass is 406 g/mol. The van der Waals surface area contributed by atoms with Crippen LogP contribution >= 0.6 is 0 Å². The van der Waals surface area contributed by atoms with Crippen LogP contribution in [0.3, 0.4) is 0 Å². The van der Waals surface area contributed by atoms with Gasteiger partial charge in [0.05, 0.1) is 4.75 Å². The number of sulfone groups is 1. The maximum atomic E-state index is 12.4. The maximum absolute atomic E-state index is 12.4. The fourth-order valence-electron chi connectivity index (χ4n) is 2.00. The number of nitrogens with one attached hydrogen (secondary N) is 2. The Morgan fingerprint density at radius 2 is 1.71 bits per heavy atom. The van der Waals surface area contributed by atoms with Gasteiger partial charge in [-0.25, -0.2) is 13.9 Å². The van der Waals surface area contributed by atoms with E-state index < -0.39 is 38.5 Å². The topological polar surface area (TPSA) is 133 Å². The Labute approximate surface area is 164 Å². The second kappa shape index (κ2) is 9.38. The van der Waals surface area contributed by atoms with Crippen molar-refractivity contribution >= 4 is 21.7 Å². The maximum Gasteiger partial charge on any atom is 0.267 e. The van der Waals surface area contributed by atoms with Crippen LogP contribution in [0.5, 0.6) is 0 Å². The van der Waals surface area contributed by atoms with E-state index in [1.807, 2.05) is 0 Å². The standard InChI is InChI=1S/C19H22N2O6S/c1-13(22)7-5-6-8-14-9-11-15(12-10-14)17(23)20-16(18(24)21-25)19(2,3)28(4,26)27/h9-13,16,22,25H,1-4H3,(H,20,23)(H,21,24). The summed E-state index contributed by atoms with van der Waals surface area (Å²) in [6.45, 7) is 4.06. The van der Waals surface area contributed by atoms with Crippen molar-refractivity contribution in [1.29, 1.82) is 0 Å². The molecular weight excluding hydrogens is 384 g/mol. The summed E-state index contributed by atoms with van der Waals surface area (Å²) >= 11 is 0. The van der Waals surface area contributed by atoms with Crippen LogP contribution in [0.4, 0.5) is 0 Å². The van der Waals surface area contributed by atoms with Gasteiger partial charge >= 0.3 is 0 Å². The van der Waals surface area contributed by atoms with E-state index in [9.17, 15) is 18.0 Å². The van der Waals surface area contributed by atoms with E-state index >= 15 is 0 Å². The largest absolute Gasteiger partial charge is 0.381 e. The van der Waals surface area contributed by atoms with E-state index in [1.165, 1.54) is 38.4 Å². The summed E-state index contributed by atoms with van der Waals surface area (Å²) in [5, 5.41) is 20.3. The van der Waals surface area contributed by atoms with Crippen LogP contribution in [-0.2, 0) is 14.6 Å². The lowest BCUT2D eigenvalue weighted by atomic mass is 10.0. The first-order chi connectivity index (χ1) is 12.9. The van der Waals surface area contributed by atoms with Crippen molar-refractivity contribution < 1.29 is 28.3 Å². The SMILES string of the molecule is CC(O)C#CC#Cc1ccc(C(=O)NC(C(=O)NO)C(C)(C)S(C)(=O)=O)cc1. The molecule has 1 aromatic rings. The van der Waals surface area contributed by atoms with Gasteiger partial charge in [-0.15, -0.1) is 0 Å². The average molecular weight is 406 g/mol. The molecule has 1 aromatic carbocycles. The molecule has 2 amide bonds. The molecule has 4 N–H and O–H groups in total. The molecular formula is C19H22N2O6S. The fraction of sp³-hybridized carbons (Fsp3) is 0.368. The Kier molecular flexibility index (Phi) is 7.77. The highest BCUT2D eigenvalue weighted by atomic mass is 32.2. The molecule has 1 rings (SSSR count). The van der Waals surface area contributed by atoms with Gasteiger partial charge in [-0.3, -0.25) is 14.8 Å². The van der Waals surface area contributed by atoms with Crippen molar-refractivity contribution in [2.45, 2.75) is 37.7 Å². The molecule has 9 heteroatoms. The van der Waals surface area contributed by atoms with Gasteiger partial charge in [0.15, 0.2) is 9.84 Å². The van der Waals surface area contributed by atoms with Crippen molar-refractivity contribution in [3.8, 4) is 23.7 Å². The van der Waals surface area contributed by atoms with Crippen LogP contribution < -0.4 is 10.8 Å². The molecule has 0 aromatic heterocycles. The molecule has 28 heavy (non-hydrogen) atoms. The van der Waals surface area contributed by atoms with Gasteiger partial charge in [0.2, 0.25) is 0 Å². The molecule has 8 nitrogen and oxygen atoms in total. The Morgan fingerprint density at radius 3 is 2.18 bits per heavy atom. The zero-order valence-corrected chi connectivity index (χ0v) is 16.7. The molecule has 2 atom stereocenters. The molecule has 0 aliphatic heterocycles. The van der Waals surface area contributed by atoms with Crippen molar-refractivity contribution in [2.24, 2.45) is 0 Å². The summed E-state index contributed by atoms with van der Waals surface area (Å²) in [5.74, 6) is 8.49. The number of aliphatic hydroxyl groups excluding tert-OH is 1. The molecule has 0 aliphatic rings. The molecule has 2 unspecified atom stereocenters. The summed E-state index contributed by atoms with van der Waals surface area (Å²) in [6, 6.07) is 4.48. The van der Waals surface area contributed by atoms with Gasteiger partial charge in [-0.1, -0.05) is 11.8 Å². The summed E-state index contributed by atoms with van der Waals surface area (Å²) in [5.41, 5.74) is 2.11. The van der Waals surface area contributed by atoms with Crippen molar-refractivity contribution in [2.75, 3.05) is 6.26 Å². The Balaban J connectivity index is 3.04. The molecule has 0 heterocycles. The van der Waals surface area contributed by atoms with E-state index in [0.29, 0.717) is 5.56 Å². The number of carbonyl (C=O) groups excluding carboxylic acids is 2. The minimum absolute atomic E-state index is 0.167. The summed E-state index contributed by atoms with van der Waals surface area (Å²) in [7, 11) is -3.75. The lowest BCUT2D eigenvalue weighted by Crippen LogP contribution is -2.60. The minimum atomic E-state index is -3.75. The van der Waals surface area contributed by atoms with Crippen molar-refractivity contribution in [1.82, 2.24) is 10.8 Å². The van der Waals surface area contributed by atoms with Crippen LogP contribution in [0.25, 0.3) is 0 Å². The predicted molar refractivity (Wildman–Crippen MR) is 103 cm³/mol. The normalized spacial score (nSPS) is 13.1. The van der Waals surface area contributed by atoms with E-state index in [2.05, 4.69) is 29.0 Å². The number of hydrogen-bond donors (Lipinski definition) is 4. The third-order valence-electron chi connectivity index (χ3n) is 4.00. The van der Waals surface area contributed by atoms with Crippen LogP contribution in [0.15, 0.2) is 24.3 Å².